The van der Waals surface area contributed by atoms with Crippen LogP contribution in [0.1, 0.15) is 59.3 Å². The topological polar surface area (TPSA) is 106 Å². The van der Waals surface area contributed by atoms with Crippen molar-refractivity contribution in [2.75, 3.05) is 25.1 Å². The van der Waals surface area contributed by atoms with Crippen molar-refractivity contribution in [1.29, 1.82) is 0 Å². The Morgan fingerprint density at radius 3 is 2.56 bits per heavy atom. The Labute approximate surface area is 230 Å². The summed E-state index contributed by atoms with van der Waals surface area (Å²) in [5.74, 6) is -1.46. The first-order chi connectivity index (χ1) is 18.8. The summed E-state index contributed by atoms with van der Waals surface area (Å²) < 4.78 is 17.6. The maximum Gasteiger partial charge on any atom is 0.246 e. The fraction of sp³-hybridized carbons (Fsp3) is 0.633. The Balaban J connectivity index is 1.37. The lowest BCUT2D eigenvalue weighted by molar-refractivity contribution is -0.141. The van der Waals surface area contributed by atoms with Gasteiger partial charge in [-0.25, -0.2) is 0 Å². The molecule has 2 saturated heterocycles. The van der Waals surface area contributed by atoms with Crippen molar-refractivity contribution >= 4 is 23.4 Å². The number of likely N-dealkylation sites (tertiary alicyclic amines) is 1. The van der Waals surface area contributed by atoms with Gasteiger partial charge in [-0.3, -0.25) is 14.4 Å². The van der Waals surface area contributed by atoms with Gasteiger partial charge >= 0.3 is 0 Å². The van der Waals surface area contributed by atoms with E-state index in [1.165, 1.54) is 6.42 Å². The van der Waals surface area contributed by atoms with E-state index < -0.39 is 29.6 Å². The van der Waals surface area contributed by atoms with E-state index >= 15 is 0 Å². The van der Waals surface area contributed by atoms with Crippen LogP contribution in [0.25, 0.3) is 0 Å². The molecule has 3 aliphatic heterocycles. The average Bonchev–Trinajstić information content (AvgIpc) is 3.56. The minimum atomic E-state index is -1.15. The van der Waals surface area contributed by atoms with Crippen LogP contribution in [0.4, 0.5) is 5.69 Å². The number of hydrogen-bond donors (Lipinski definition) is 2. The molecule has 4 aliphatic rings. The maximum absolute atomic E-state index is 14.0. The van der Waals surface area contributed by atoms with Crippen molar-refractivity contribution in [2.45, 2.75) is 89.2 Å². The highest BCUT2D eigenvalue weighted by Gasteiger charge is 2.72. The largest absolute Gasteiger partial charge is 0.494 e. The molecule has 3 amide bonds. The molecule has 3 heterocycles. The molecular formula is C30H41N3O6. The first kappa shape index (κ1) is 27.6. The summed E-state index contributed by atoms with van der Waals surface area (Å²) in [6.07, 6.45) is 9.06. The zero-order valence-electron chi connectivity index (χ0n) is 23.2. The zero-order valence-corrected chi connectivity index (χ0v) is 23.2. The number of carbonyl (C=O) groups is 3. The van der Waals surface area contributed by atoms with E-state index in [2.05, 4.69) is 10.6 Å². The van der Waals surface area contributed by atoms with Crippen LogP contribution in [0, 0.1) is 11.8 Å². The van der Waals surface area contributed by atoms with E-state index in [9.17, 15) is 14.4 Å². The van der Waals surface area contributed by atoms with E-state index in [-0.39, 0.29) is 29.9 Å². The molecule has 0 unspecified atom stereocenters. The number of anilines is 1. The van der Waals surface area contributed by atoms with Gasteiger partial charge in [0.15, 0.2) is 0 Å². The number of rotatable bonds is 11. The van der Waals surface area contributed by atoms with Gasteiger partial charge in [-0.05, 0) is 64.3 Å². The van der Waals surface area contributed by atoms with E-state index in [1.807, 2.05) is 32.9 Å². The molecule has 5 rings (SSSR count). The molecular weight excluding hydrogens is 498 g/mol. The van der Waals surface area contributed by atoms with Crippen LogP contribution < -0.4 is 15.4 Å². The molecule has 5 atom stereocenters. The van der Waals surface area contributed by atoms with Crippen LogP contribution in [0.2, 0.25) is 0 Å². The van der Waals surface area contributed by atoms with Gasteiger partial charge in [-0.1, -0.05) is 31.4 Å². The van der Waals surface area contributed by atoms with Crippen molar-refractivity contribution in [3.05, 3.63) is 36.4 Å². The molecule has 0 aromatic heterocycles. The molecule has 2 bridgehead atoms. The zero-order chi connectivity index (χ0) is 27.6. The highest BCUT2D eigenvalue weighted by molar-refractivity contribution is 6.02. The molecule has 9 heteroatoms. The Bertz CT molecular complexity index is 1080. The van der Waals surface area contributed by atoms with E-state index in [0.29, 0.717) is 31.9 Å². The summed E-state index contributed by atoms with van der Waals surface area (Å²) in [5, 5.41) is 6.18. The summed E-state index contributed by atoms with van der Waals surface area (Å²) in [6.45, 7) is 7.25. The Morgan fingerprint density at radius 2 is 1.87 bits per heavy atom. The minimum Gasteiger partial charge on any atom is -0.494 e. The van der Waals surface area contributed by atoms with Crippen molar-refractivity contribution in [3.63, 3.8) is 0 Å². The maximum atomic E-state index is 14.0. The molecule has 1 aromatic carbocycles. The van der Waals surface area contributed by atoms with Crippen molar-refractivity contribution in [3.8, 4) is 5.75 Å². The SMILES string of the molecule is CCOc1ccc(NC(=O)[C@H]2[C@@H]3C=C[C@]4(O3)[C@@H]2C(=O)N(CCCOC(C)C)[C@@H]4C(=O)NC2CCCCC2)cc1. The predicted octanol–water partition coefficient (Wildman–Crippen LogP) is 3.44. The molecule has 3 fully saturated rings. The first-order valence-corrected chi connectivity index (χ1v) is 14.5. The number of nitrogens with one attached hydrogen (secondary N) is 2. The highest BCUT2D eigenvalue weighted by atomic mass is 16.5. The predicted molar refractivity (Wildman–Crippen MR) is 146 cm³/mol. The second kappa shape index (κ2) is 11.7. The van der Waals surface area contributed by atoms with Crippen molar-refractivity contribution in [1.82, 2.24) is 10.2 Å². The summed E-state index contributed by atoms with van der Waals surface area (Å²) in [6, 6.07) is 6.43. The molecule has 0 radical (unpaired) electrons. The molecule has 1 aromatic rings. The van der Waals surface area contributed by atoms with Crippen LogP contribution in [-0.2, 0) is 23.9 Å². The fourth-order valence-corrected chi connectivity index (χ4v) is 6.62. The number of fused-ring (bicyclic) bond motifs is 1. The van der Waals surface area contributed by atoms with Gasteiger partial charge in [0.1, 0.15) is 17.4 Å². The first-order valence-electron chi connectivity index (χ1n) is 14.5. The summed E-state index contributed by atoms with van der Waals surface area (Å²) in [5.41, 5.74) is -0.538. The summed E-state index contributed by atoms with van der Waals surface area (Å²) >= 11 is 0. The molecule has 1 spiro atoms. The molecule has 9 nitrogen and oxygen atoms in total. The Morgan fingerprint density at radius 1 is 1.13 bits per heavy atom. The van der Waals surface area contributed by atoms with E-state index in [1.54, 1.807) is 29.2 Å². The smallest absolute Gasteiger partial charge is 0.246 e. The van der Waals surface area contributed by atoms with Crippen LogP contribution in [0.15, 0.2) is 36.4 Å². The number of carbonyl (C=O) groups excluding carboxylic acids is 3. The second-order valence-corrected chi connectivity index (χ2v) is 11.3. The number of hydrogen-bond acceptors (Lipinski definition) is 6. The summed E-state index contributed by atoms with van der Waals surface area (Å²) in [4.78, 5) is 43.0. The fourth-order valence-electron chi connectivity index (χ4n) is 6.62. The molecule has 1 aliphatic carbocycles. The van der Waals surface area contributed by atoms with E-state index in [4.69, 9.17) is 14.2 Å². The molecule has 39 heavy (non-hydrogen) atoms. The highest BCUT2D eigenvalue weighted by Crippen LogP contribution is 2.55. The second-order valence-electron chi connectivity index (χ2n) is 11.3. The van der Waals surface area contributed by atoms with Gasteiger partial charge in [0, 0.05) is 24.9 Å². The number of benzene rings is 1. The third-order valence-corrected chi connectivity index (χ3v) is 8.30. The molecule has 1 saturated carbocycles. The van der Waals surface area contributed by atoms with Gasteiger partial charge in [0.05, 0.1) is 30.7 Å². The van der Waals surface area contributed by atoms with E-state index in [0.717, 1.165) is 31.4 Å². The Hall–Kier alpha value is -2.91. The van der Waals surface area contributed by atoms with Gasteiger partial charge in [-0.2, -0.15) is 0 Å². The third kappa shape index (κ3) is 5.43. The van der Waals surface area contributed by atoms with Gasteiger partial charge in [0.25, 0.3) is 0 Å². The number of ether oxygens (including phenoxy) is 3. The van der Waals surface area contributed by atoms with Crippen molar-refractivity contribution < 1.29 is 28.6 Å². The number of nitrogens with zero attached hydrogens (tertiary/aromatic N) is 1. The Kier molecular flexibility index (Phi) is 8.28. The lowest BCUT2D eigenvalue weighted by atomic mass is 9.74. The van der Waals surface area contributed by atoms with Crippen molar-refractivity contribution in [2.24, 2.45) is 11.8 Å². The lowest BCUT2D eigenvalue weighted by Crippen LogP contribution is -2.56. The monoisotopic (exact) mass is 539 g/mol. The summed E-state index contributed by atoms with van der Waals surface area (Å²) in [7, 11) is 0. The van der Waals surface area contributed by atoms with Gasteiger partial charge < -0.3 is 29.7 Å². The number of amides is 3. The van der Waals surface area contributed by atoms with Crippen LogP contribution in [0.3, 0.4) is 0 Å². The van der Waals surface area contributed by atoms with Gasteiger partial charge in [0.2, 0.25) is 17.7 Å². The normalized spacial score (nSPS) is 29.6. The van der Waals surface area contributed by atoms with Crippen LogP contribution in [0.5, 0.6) is 5.75 Å². The minimum absolute atomic E-state index is 0.0835. The molecule has 212 valence electrons. The van der Waals surface area contributed by atoms with Gasteiger partial charge in [-0.15, -0.1) is 0 Å². The quantitative estimate of drug-likeness (QED) is 0.330. The van der Waals surface area contributed by atoms with Crippen LogP contribution >= 0.6 is 0 Å². The third-order valence-electron chi connectivity index (χ3n) is 8.30. The standard InChI is InChI=1S/C30H41N3O6/c1-4-37-22-13-11-21(12-14-22)31-27(34)24-23-15-16-30(39-23)25(24)29(36)33(17-8-18-38-19(2)3)26(30)28(35)32-20-9-6-5-7-10-20/h11-16,19-20,23-26H,4-10,17-18H2,1-3H3,(H,31,34)(H,32,35)/t23-,24-,25-,26+,30-/m0/s1. The lowest BCUT2D eigenvalue weighted by Gasteiger charge is -2.34. The van der Waals surface area contributed by atoms with Crippen LogP contribution in [-0.4, -0.2) is 72.3 Å². The average molecular weight is 540 g/mol. The molecule has 2 N–H and O–H groups in total.